The fraction of sp³-hybridized carbons (Fsp3) is 0.750. The van der Waals surface area contributed by atoms with E-state index in [0.717, 1.165) is 0 Å². The molecule has 0 aromatic heterocycles. The molecule has 7 nitrogen and oxygen atoms in total. The summed E-state index contributed by atoms with van der Waals surface area (Å²) in [6, 6.07) is 0. The zero-order chi connectivity index (χ0) is 13.0. The molecule has 0 aromatic rings. The molecule has 0 atom stereocenters. The minimum atomic E-state index is -3.69. The molecule has 0 heterocycles. The van der Waals surface area contributed by atoms with Gasteiger partial charge in [0.15, 0.2) is 0 Å². The number of rotatable bonds is 3. The quantitative estimate of drug-likeness (QED) is 0.612. The Morgan fingerprint density at radius 3 is 2.12 bits per heavy atom. The third kappa shape index (κ3) is 7.32. The van der Waals surface area contributed by atoms with E-state index in [4.69, 9.17) is 4.74 Å². The van der Waals surface area contributed by atoms with Crippen LogP contribution in [0.5, 0.6) is 0 Å². The zero-order valence-corrected chi connectivity index (χ0v) is 10.6. The molecule has 0 aliphatic heterocycles. The van der Waals surface area contributed by atoms with Crippen molar-refractivity contribution in [1.82, 2.24) is 9.44 Å². The average Bonchev–Trinajstić information content (AvgIpc) is 1.97. The first-order valence-electron chi connectivity index (χ1n) is 4.65. The topological polar surface area (TPSA) is 108 Å². The van der Waals surface area contributed by atoms with Crippen molar-refractivity contribution in [2.75, 3.05) is 0 Å². The molecule has 0 aliphatic rings. The maximum atomic E-state index is 11.2. The molecule has 0 saturated heterocycles. The van der Waals surface area contributed by atoms with Crippen LogP contribution in [-0.4, -0.2) is 26.7 Å². The van der Waals surface area contributed by atoms with Crippen LogP contribution in [-0.2, 0) is 9.53 Å². The van der Waals surface area contributed by atoms with Gasteiger partial charge in [0.2, 0.25) is 5.91 Å². The van der Waals surface area contributed by atoms with Gasteiger partial charge in [0, 0.05) is 6.42 Å². The molecule has 0 aromatic carbocycles. The predicted molar refractivity (Wildman–Crippen MR) is 60.7 cm³/mol. The molecule has 0 rings (SSSR count). The molecular weight excluding hydrogens is 236 g/mol. The predicted octanol–water partition coefficient (Wildman–Crippen LogP) is 1.62. The van der Waals surface area contributed by atoms with Crippen LogP contribution >= 0.6 is 11.0 Å². The van der Waals surface area contributed by atoms with Crippen LogP contribution in [0.2, 0.25) is 0 Å². The molecule has 0 bridgehead atoms. The van der Waals surface area contributed by atoms with Crippen LogP contribution in [0.25, 0.3) is 0 Å². The third-order valence-electron chi connectivity index (χ3n) is 1.20. The number of ether oxygens (including phenoxy) is 1. The molecule has 4 N–H and O–H groups in total. The Morgan fingerprint density at radius 2 is 1.75 bits per heavy atom. The lowest BCUT2D eigenvalue weighted by Gasteiger charge is -2.33. The van der Waals surface area contributed by atoms with E-state index >= 15 is 0 Å². The number of hydrogen-bond acceptors (Lipinski definition) is 5. The second-order valence-corrected chi connectivity index (χ2v) is 5.54. The molecule has 96 valence electrons. The van der Waals surface area contributed by atoms with E-state index in [0.29, 0.717) is 0 Å². The highest BCUT2D eigenvalue weighted by Crippen LogP contribution is 2.28. The maximum Gasteiger partial charge on any atom is 0.427 e. The summed E-state index contributed by atoms with van der Waals surface area (Å²) in [5.74, 6) is -0.587. The molecule has 16 heavy (non-hydrogen) atoms. The van der Waals surface area contributed by atoms with Crippen molar-refractivity contribution < 1.29 is 23.4 Å². The molecule has 0 spiro atoms. The highest BCUT2D eigenvalue weighted by molar-refractivity contribution is 8.21. The van der Waals surface area contributed by atoms with E-state index in [-0.39, 0.29) is 6.42 Å². The number of carbonyl (C=O) groups excluding carboxylic acids is 2. The van der Waals surface area contributed by atoms with Crippen molar-refractivity contribution in [2.45, 2.75) is 39.7 Å². The molecule has 2 amide bonds. The van der Waals surface area contributed by atoms with Crippen LogP contribution in [0.1, 0.15) is 34.1 Å². The van der Waals surface area contributed by atoms with Gasteiger partial charge in [-0.15, -0.1) is 0 Å². The summed E-state index contributed by atoms with van der Waals surface area (Å²) < 4.78 is 27.0. The van der Waals surface area contributed by atoms with Crippen molar-refractivity contribution in [2.24, 2.45) is 0 Å². The van der Waals surface area contributed by atoms with Gasteiger partial charge in [-0.3, -0.25) is 13.9 Å². The lowest BCUT2D eigenvalue weighted by molar-refractivity contribution is -0.119. The van der Waals surface area contributed by atoms with E-state index in [1.165, 1.54) is 0 Å². The summed E-state index contributed by atoms with van der Waals surface area (Å²) in [4.78, 5) is 22.1. The fourth-order valence-corrected chi connectivity index (χ4v) is 1.46. The van der Waals surface area contributed by atoms with Gasteiger partial charge < -0.3 is 4.74 Å². The summed E-state index contributed by atoms with van der Waals surface area (Å²) in [6.07, 6.45) is -0.935. The minimum Gasteiger partial charge on any atom is -0.443 e. The second-order valence-electron chi connectivity index (χ2n) is 4.03. The van der Waals surface area contributed by atoms with Crippen LogP contribution in [0, 0.1) is 0 Å². The first kappa shape index (κ1) is 15.0. The van der Waals surface area contributed by atoms with Crippen LogP contribution < -0.4 is 9.44 Å². The Morgan fingerprint density at radius 1 is 1.25 bits per heavy atom. The van der Waals surface area contributed by atoms with Crippen LogP contribution in [0.4, 0.5) is 4.79 Å². The Labute approximate surface area is 96.2 Å². The summed E-state index contributed by atoms with van der Waals surface area (Å²) in [6.45, 7) is 6.42. The van der Waals surface area contributed by atoms with Crippen molar-refractivity contribution in [3.63, 3.8) is 0 Å². The minimum absolute atomic E-state index is 0.0753. The maximum absolute atomic E-state index is 11.2. The molecule has 0 aliphatic carbocycles. The number of carbonyl (C=O) groups is 2. The van der Waals surface area contributed by atoms with Crippen molar-refractivity contribution in [3.8, 4) is 0 Å². The van der Waals surface area contributed by atoms with Gasteiger partial charge >= 0.3 is 6.09 Å². The normalized spacial score (nSPS) is 12.9. The van der Waals surface area contributed by atoms with E-state index < -0.39 is 28.6 Å². The van der Waals surface area contributed by atoms with Crippen LogP contribution in [0.15, 0.2) is 0 Å². The van der Waals surface area contributed by atoms with E-state index in [9.17, 15) is 18.7 Å². The molecule has 0 unspecified atom stereocenters. The number of hydrogen-bond donors (Lipinski definition) is 4. The Bertz CT molecular complexity index is 274. The second kappa shape index (κ2) is 5.37. The first-order chi connectivity index (χ1) is 7.06. The molecule has 0 saturated carbocycles. The number of nitrogens with one attached hydrogen (secondary N) is 2. The summed E-state index contributed by atoms with van der Waals surface area (Å²) in [7, 11) is -3.69. The summed E-state index contributed by atoms with van der Waals surface area (Å²) >= 11 is 0. The van der Waals surface area contributed by atoms with Crippen LogP contribution in [0.3, 0.4) is 0 Å². The van der Waals surface area contributed by atoms with E-state index in [1.807, 2.05) is 4.72 Å². The first-order valence-corrected chi connectivity index (χ1v) is 6.20. The molecule has 0 fully saturated rings. The lowest BCUT2D eigenvalue weighted by atomic mass is 10.2. The monoisotopic (exact) mass is 254 g/mol. The zero-order valence-electron chi connectivity index (χ0n) is 9.73. The van der Waals surface area contributed by atoms with Gasteiger partial charge in [-0.1, -0.05) is 6.92 Å². The van der Waals surface area contributed by atoms with Gasteiger partial charge in [0.25, 0.3) is 0 Å². The van der Waals surface area contributed by atoms with Gasteiger partial charge in [-0.25, -0.2) is 14.2 Å². The van der Waals surface area contributed by atoms with Crippen molar-refractivity contribution in [1.29, 1.82) is 0 Å². The van der Waals surface area contributed by atoms with E-state index in [2.05, 4.69) is 0 Å². The van der Waals surface area contributed by atoms with Gasteiger partial charge in [0.05, 0.1) is 0 Å². The Balaban J connectivity index is 4.26. The Hall–Kier alpha value is -0.990. The van der Waals surface area contributed by atoms with Gasteiger partial charge in [-0.2, -0.15) is 0 Å². The highest BCUT2D eigenvalue weighted by atomic mass is 32.3. The fourth-order valence-electron chi connectivity index (χ4n) is 0.672. The summed E-state index contributed by atoms with van der Waals surface area (Å²) in [5.41, 5.74) is -0.756. The standard InChI is InChI=1S/C8H18N2O5S/c1-5-6(11)9-16(13,14)10-7(12)15-8(2,3)4/h13-14H,5H2,1-4H3,(H,9,11)(H,10,12). The Kier molecular flexibility index (Phi) is 5.04. The number of amides is 2. The lowest BCUT2D eigenvalue weighted by Crippen LogP contribution is -2.41. The highest BCUT2D eigenvalue weighted by Gasteiger charge is 2.22. The smallest absolute Gasteiger partial charge is 0.427 e. The van der Waals surface area contributed by atoms with Crippen molar-refractivity contribution in [3.05, 3.63) is 0 Å². The molecular formula is C8H18N2O5S. The SMILES string of the molecule is CCC(=O)NS(O)(O)NC(=O)OC(C)(C)C. The third-order valence-corrected chi connectivity index (χ3v) is 2.17. The molecule has 8 heteroatoms. The van der Waals surface area contributed by atoms with Gasteiger partial charge in [-0.05, 0) is 31.7 Å². The largest absolute Gasteiger partial charge is 0.443 e. The summed E-state index contributed by atoms with van der Waals surface area (Å²) in [5, 5.41) is 0. The average molecular weight is 254 g/mol. The van der Waals surface area contributed by atoms with E-state index in [1.54, 1.807) is 32.4 Å². The van der Waals surface area contributed by atoms with Gasteiger partial charge in [0.1, 0.15) is 5.60 Å². The molecule has 0 radical (unpaired) electrons. The van der Waals surface area contributed by atoms with Crippen molar-refractivity contribution >= 4 is 23.0 Å².